The number of hydrogen-bond donors (Lipinski definition) is 4. The number of nitrogens with zero attached hydrogens (tertiary/aromatic N) is 1. The van der Waals surface area contributed by atoms with Crippen molar-refractivity contribution in [2.75, 3.05) is 21.3 Å². The van der Waals surface area contributed by atoms with Crippen LogP contribution in [0.15, 0.2) is 101 Å². The van der Waals surface area contributed by atoms with Crippen LogP contribution in [0.5, 0.6) is 11.5 Å². The first-order chi connectivity index (χ1) is 22.2. The molecule has 0 unspecified atom stereocenters. The normalized spacial score (nSPS) is 14.7. The maximum atomic E-state index is 12.3. The van der Waals surface area contributed by atoms with Gasteiger partial charge in [0.05, 0.1) is 27.1 Å². The Bertz CT molecular complexity index is 1420. The second kappa shape index (κ2) is 21.0. The van der Waals surface area contributed by atoms with Crippen LogP contribution < -0.4 is 31.6 Å². The van der Waals surface area contributed by atoms with Crippen LogP contribution in [0.1, 0.15) is 63.5 Å². The number of nitrogens with two attached hydrogens (primary N) is 2. The van der Waals surface area contributed by atoms with E-state index in [1.807, 2.05) is 73.7 Å². The number of nitrogens with one attached hydrogen (secondary N) is 2. The summed E-state index contributed by atoms with van der Waals surface area (Å²) in [6.45, 7) is 4.07. The Kier molecular flexibility index (Phi) is 17.1. The number of benzene rings is 2. The largest absolute Gasteiger partial charge is 0.496 e. The number of para-hydroxylation sites is 2. The highest BCUT2D eigenvalue weighted by atomic mass is 16.5. The minimum atomic E-state index is -0.183. The van der Waals surface area contributed by atoms with Gasteiger partial charge in [0.15, 0.2) is 0 Å². The summed E-state index contributed by atoms with van der Waals surface area (Å²) in [6, 6.07) is 15.0. The van der Waals surface area contributed by atoms with Gasteiger partial charge < -0.3 is 31.6 Å². The Morgan fingerprint density at radius 2 is 1.41 bits per heavy atom. The van der Waals surface area contributed by atoms with Gasteiger partial charge in [-0.15, -0.1) is 0 Å². The van der Waals surface area contributed by atoms with Crippen LogP contribution in [-0.2, 0) is 22.4 Å². The maximum Gasteiger partial charge on any atom is 0.230 e. The van der Waals surface area contributed by atoms with Crippen LogP contribution in [-0.4, -0.2) is 39.3 Å². The van der Waals surface area contributed by atoms with E-state index >= 15 is 0 Å². The highest BCUT2D eigenvalue weighted by Gasteiger charge is 2.15. The molecule has 1 aliphatic rings. The average Bonchev–Trinajstić information content (AvgIpc) is 3.07. The summed E-state index contributed by atoms with van der Waals surface area (Å²) in [4.78, 5) is 28.3. The number of methoxy groups -OCH3 is 2. The molecule has 248 valence electrons. The summed E-state index contributed by atoms with van der Waals surface area (Å²) < 4.78 is 10.5. The Hall–Kier alpha value is -4.79. The number of aliphatic imine (C=N–C) groups is 1. The number of rotatable bonds is 13. The van der Waals surface area contributed by atoms with Crippen molar-refractivity contribution >= 4 is 18.0 Å². The molecule has 46 heavy (non-hydrogen) atoms. The second-order valence-electron chi connectivity index (χ2n) is 11.0. The zero-order chi connectivity index (χ0) is 33.7. The van der Waals surface area contributed by atoms with Gasteiger partial charge in [0.2, 0.25) is 11.8 Å². The molecular weight excluding hydrogens is 578 g/mol. The Morgan fingerprint density at radius 3 is 1.93 bits per heavy atom. The van der Waals surface area contributed by atoms with E-state index in [1.165, 1.54) is 19.3 Å². The smallest absolute Gasteiger partial charge is 0.230 e. The van der Waals surface area contributed by atoms with Crippen molar-refractivity contribution in [3.05, 3.63) is 107 Å². The SMILES string of the molecule is CC/C(C)=C(/C=C\C=NC)NC(=O)Cc1ccccc1OC.COc1ccccc1CC(=O)N/C(N)=C/C=C(\N)C1CCCCC1. The number of carbonyl (C=O) groups is 2. The number of carbonyl (C=O) groups excluding carboxylic acids is 2. The molecule has 2 aromatic rings. The van der Waals surface area contributed by atoms with Gasteiger partial charge in [-0.3, -0.25) is 14.6 Å². The van der Waals surface area contributed by atoms with Crippen molar-refractivity contribution in [1.29, 1.82) is 0 Å². The molecule has 0 aromatic heterocycles. The van der Waals surface area contributed by atoms with Crippen molar-refractivity contribution in [3.8, 4) is 11.5 Å². The van der Waals surface area contributed by atoms with E-state index in [4.69, 9.17) is 20.9 Å². The lowest BCUT2D eigenvalue weighted by atomic mass is 9.87. The van der Waals surface area contributed by atoms with Gasteiger partial charge in [-0.1, -0.05) is 62.6 Å². The molecule has 0 saturated heterocycles. The third-order valence-corrected chi connectivity index (χ3v) is 7.66. The minimum Gasteiger partial charge on any atom is -0.496 e. The van der Waals surface area contributed by atoms with Gasteiger partial charge in [-0.25, -0.2) is 0 Å². The number of amides is 2. The van der Waals surface area contributed by atoms with Gasteiger partial charge in [0, 0.05) is 35.8 Å². The maximum absolute atomic E-state index is 12.3. The zero-order valence-electron chi connectivity index (χ0n) is 28.0. The molecule has 0 bridgehead atoms. The molecule has 0 heterocycles. The first kappa shape index (κ1) is 37.4. The quantitative estimate of drug-likeness (QED) is 0.161. The van der Waals surface area contributed by atoms with Crippen LogP contribution in [0.2, 0.25) is 0 Å². The van der Waals surface area contributed by atoms with Crippen molar-refractivity contribution in [1.82, 2.24) is 10.6 Å². The fraction of sp³-hybridized carbons (Fsp3) is 0.378. The summed E-state index contributed by atoms with van der Waals surface area (Å²) in [5.41, 5.74) is 16.5. The zero-order valence-corrected chi connectivity index (χ0v) is 28.0. The number of ether oxygens (including phenoxy) is 2. The monoisotopic (exact) mass is 629 g/mol. The molecular formula is C37H51N5O4. The second-order valence-corrected chi connectivity index (χ2v) is 11.0. The van der Waals surface area contributed by atoms with Crippen molar-refractivity contribution in [2.45, 2.75) is 65.2 Å². The fourth-order valence-corrected chi connectivity index (χ4v) is 4.95. The van der Waals surface area contributed by atoms with Gasteiger partial charge >= 0.3 is 0 Å². The van der Waals surface area contributed by atoms with Crippen LogP contribution in [0, 0.1) is 5.92 Å². The van der Waals surface area contributed by atoms with Gasteiger partial charge in [-0.2, -0.15) is 0 Å². The molecule has 9 nitrogen and oxygen atoms in total. The highest BCUT2D eigenvalue weighted by Crippen LogP contribution is 2.27. The Morgan fingerprint density at radius 1 is 0.870 bits per heavy atom. The Labute approximate surface area is 274 Å². The van der Waals surface area contributed by atoms with Crippen LogP contribution in [0.3, 0.4) is 0 Å². The first-order valence-corrected chi connectivity index (χ1v) is 15.8. The van der Waals surface area contributed by atoms with E-state index in [0.29, 0.717) is 17.5 Å². The average molecular weight is 630 g/mol. The molecule has 1 fully saturated rings. The van der Waals surface area contributed by atoms with Crippen LogP contribution in [0.4, 0.5) is 0 Å². The molecule has 2 amide bonds. The van der Waals surface area contributed by atoms with Gasteiger partial charge in [0.1, 0.15) is 17.3 Å². The lowest BCUT2D eigenvalue weighted by molar-refractivity contribution is -0.120. The van der Waals surface area contributed by atoms with Crippen molar-refractivity contribution in [3.63, 3.8) is 0 Å². The highest BCUT2D eigenvalue weighted by molar-refractivity contribution is 5.82. The van der Waals surface area contributed by atoms with Crippen LogP contribution in [0.25, 0.3) is 0 Å². The summed E-state index contributed by atoms with van der Waals surface area (Å²) in [5, 5.41) is 5.65. The predicted octanol–water partition coefficient (Wildman–Crippen LogP) is 5.87. The summed E-state index contributed by atoms with van der Waals surface area (Å²) in [7, 11) is 4.90. The van der Waals surface area contributed by atoms with Gasteiger partial charge in [-0.05, 0) is 74.1 Å². The van der Waals surface area contributed by atoms with E-state index in [-0.39, 0.29) is 24.7 Å². The summed E-state index contributed by atoms with van der Waals surface area (Å²) >= 11 is 0. The fourth-order valence-electron chi connectivity index (χ4n) is 4.95. The molecule has 0 radical (unpaired) electrons. The van der Waals surface area contributed by atoms with Crippen molar-refractivity contribution < 1.29 is 19.1 Å². The van der Waals surface area contributed by atoms with E-state index < -0.39 is 0 Å². The van der Waals surface area contributed by atoms with Crippen LogP contribution >= 0.6 is 0 Å². The molecule has 9 heteroatoms. The minimum absolute atomic E-state index is 0.0645. The topological polar surface area (TPSA) is 141 Å². The first-order valence-electron chi connectivity index (χ1n) is 15.8. The molecule has 2 aromatic carbocycles. The molecule has 3 rings (SSSR count). The Balaban J connectivity index is 0.000000322. The standard InChI is InChI=1S/C19H27N3O2.C18H24N2O2/c1-24-17-10-6-5-9-15(17)13-19(23)22-18(21)12-11-16(20)14-7-3-2-4-8-14;1-5-14(2)16(10-8-12-19-3)20-18(21)13-15-9-6-7-11-17(15)22-4/h5-6,9-12,14H,2-4,7-8,13,20-21H2,1H3,(H,22,23);6-12H,5,13H2,1-4H3,(H,20,21)/b16-11-,18-12+;10-8-,16-14-,19-12?. The summed E-state index contributed by atoms with van der Waals surface area (Å²) in [5.74, 6) is 1.91. The predicted molar refractivity (Wildman–Crippen MR) is 187 cm³/mol. The molecule has 1 saturated carbocycles. The third-order valence-electron chi connectivity index (χ3n) is 7.66. The van der Waals surface area contributed by atoms with E-state index in [9.17, 15) is 9.59 Å². The van der Waals surface area contributed by atoms with E-state index in [1.54, 1.807) is 33.6 Å². The molecule has 1 aliphatic carbocycles. The summed E-state index contributed by atoms with van der Waals surface area (Å²) in [6.07, 6.45) is 16.2. The lowest BCUT2D eigenvalue weighted by Gasteiger charge is -2.21. The lowest BCUT2D eigenvalue weighted by Crippen LogP contribution is -2.28. The van der Waals surface area contributed by atoms with Gasteiger partial charge in [0.25, 0.3) is 0 Å². The van der Waals surface area contributed by atoms with Crippen molar-refractivity contribution in [2.24, 2.45) is 22.4 Å². The molecule has 6 N–H and O–H groups in total. The van der Waals surface area contributed by atoms with E-state index in [0.717, 1.165) is 53.1 Å². The third kappa shape index (κ3) is 13.5. The number of allylic oxidation sites excluding steroid dienone is 6. The molecule has 0 spiro atoms. The number of hydrogen-bond acceptors (Lipinski definition) is 7. The molecule has 0 aliphatic heterocycles. The van der Waals surface area contributed by atoms with E-state index in [2.05, 4.69) is 22.5 Å². The molecule has 0 atom stereocenters.